The Hall–Kier alpha value is -0.120. The molecular formula is C9H7BrS2. The zero-order valence-corrected chi connectivity index (χ0v) is 9.51. The van der Waals surface area contributed by atoms with Crippen LogP contribution in [0.4, 0.5) is 0 Å². The first kappa shape index (κ1) is 8.48. The van der Waals surface area contributed by atoms with E-state index in [4.69, 9.17) is 0 Å². The summed E-state index contributed by atoms with van der Waals surface area (Å²) in [6.45, 7) is 0. The Morgan fingerprint density at radius 3 is 2.75 bits per heavy atom. The fourth-order valence-corrected chi connectivity index (χ4v) is 3.23. The van der Waals surface area contributed by atoms with Crippen molar-refractivity contribution >= 4 is 38.6 Å². The van der Waals surface area contributed by atoms with Crippen LogP contribution in [0.25, 0.3) is 0 Å². The molecule has 2 aromatic rings. The van der Waals surface area contributed by atoms with E-state index in [0.717, 1.165) is 6.42 Å². The summed E-state index contributed by atoms with van der Waals surface area (Å²) >= 11 is 7.09. The zero-order chi connectivity index (χ0) is 8.39. The largest absolute Gasteiger partial charge is 0.152 e. The van der Waals surface area contributed by atoms with Gasteiger partial charge in [-0.2, -0.15) is 11.3 Å². The van der Waals surface area contributed by atoms with Crippen molar-refractivity contribution in [2.24, 2.45) is 0 Å². The molecule has 0 N–H and O–H groups in total. The van der Waals surface area contributed by atoms with Gasteiger partial charge in [-0.05, 0) is 49.8 Å². The van der Waals surface area contributed by atoms with Crippen molar-refractivity contribution in [3.63, 3.8) is 0 Å². The molecule has 0 aliphatic heterocycles. The van der Waals surface area contributed by atoms with Crippen molar-refractivity contribution in [3.05, 3.63) is 43.2 Å². The van der Waals surface area contributed by atoms with Gasteiger partial charge < -0.3 is 0 Å². The normalized spacial score (nSPS) is 10.4. The number of hydrogen-bond donors (Lipinski definition) is 0. The monoisotopic (exact) mass is 258 g/mol. The first-order chi connectivity index (χ1) is 5.86. The molecule has 0 amide bonds. The summed E-state index contributed by atoms with van der Waals surface area (Å²) < 4.78 is 1.23. The van der Waals surface area contributed by atoms with Gasteiger partial charge >= 0.3 is 0 Å². The lowest BCUT2D eigenvalue weighted by molar-refractivity contribution is 1.25. The summed E-state index contributed by atoms with van der Waals surface area (Å²) in [5.41, 5.74) is 1.41. The number of hydrogen-bond acceptors (Lipinski definition) is 2. The van der Waals surface area contributed by atoms with Crippen LogP contribution in [0.5, 0.6) is 0 Å². The van der Waals surface area contributed by atoms with Gasteiger partial charge in [0.2, 0.25) is 0 Å². The third-order valence-electron chi connectivity index (χ3n) is 1.64. The Balaban J connectivity index is 2.20. The zero-order valence-electron chi connectivity index (χ0n) is 6.29. The van der Waals surface area contributed by atoms with Crippen molar-refractivity contribution in [2.75, 3.05) is 0 Å². The van der Waals surface area contributed by atoms with Crippen molar-refractivity contribution in [2.45, 2.75) is 6.42 Å². The van der Waals surface area contributed by atoms with Crippen LogP contribution >= 0.6 is 38.6 Å². The van der Waals surface area contributed by atoms with Crippen LogP contribution < -0.4 is 0 Å². The molecule has 2 rings (SSSR count). The molecule has 0 fully saturated rings. The molecule has 0 aromatic carbocycles. The van der Waals surface area contributed by atoms with Crippen LogP contribution in [0.3, 0.4) is 0 Å². The molecule has 0 nitrogen and oxygen atoms in total. The molecule has 62 valence electrons. The van der Waals surface area contributed by atoms with Crippen LogP contribution in [-0.2, 0) is 6.42 Å². The Kier molecular flexibility index (Phi) is 2.63. The van der Waals surface area contributed by atoms with E-state index in [-0.39, 0.29) is 0 Å². The first-order valence-electron chi connectivity index (χ1n) is 3.59. The highest BCUT2D eigenvalue weighted by Gasteiger charge is 2.02. The molecule has 2 heterocycles. The fourth-order valence-electron chi connectivity index (χ4n) is 1.03. The van der Waals surface area contributed by atoms with Gasteiger partial charge in [-0.3, -0.25) is 0 Å². The lowest BCUT2D eigenvalue weighted by Gasteiger charge is -1.94. The predicted octanol–water partition coefficient (Wildman–Crippen LogP) is 4.16. The average molecular weight is 259 g/mol. The maximum atomic E-state index is 3.53. The molecule has 0 aliphatic rings. The fraction of sp³-hybridized carbons (Fsp3) is 0.111. The number of thiophene rings is 2. The average Bonchev–Trinajstić information content (AvgIpc) is 2.65. The summed E-state index contributed by atoms with van der Waals surface area (Å²) in [6, 6.07) is 4.28. The van der Waals surface area contributed by atoms with Crippen LogP contribution in [0.15, 0.2) is 32.7 Å². The molecule has 0 radical (unpaired) electrons. The molecule has 0 saturated heterocycles. The molecule has 0 unspecified atom stereocenters. The summed E-state index contributed by atoms with van der Waals surface area (Å²) in [4.78, 5) is 1.41. The van der Waals surface area contributed by atoms with Gasteiger partial charge in [-0.25, -0.2) is 0 Å². The van der Waals surface area contributed by atoms with Gasteiger partial charge in [0.1, 0.15) is 0 Å². The van der Waals surface area contributed by atoms with Crippen molar-refractivity contribution in [3.8, 4) is 0 Å². The Morgan fingerprint density at radius 1 is 1.25 bits per heavy atom. The number of halogens is 1. The van der Waals surface area contributed by atoms with E-state index in [2.05, 4.69) is 44.2 Å². The van der Waals surface area contributed by atoms with Gasteiger partial charge in [-0.1, -0.05) is 0 Å². The third kappa shape index (κ3) is 1.79. The maximum absolute atomic E-state index is 3.53. The second kappa shape index (κ2) is 3.73. The SMILES string of the molecule is Brc1ccsc1Cc1ccsc1. The summed E-state index contributed by atoms with van der Waals surface area (Å²) in [5.74, 6) is 0. The second-order valence-corrected chi connectivity index (χ2v) is 5.14. The van der Waals surface area contributed by atoms with E-state index in [1.165, 1.54) is 14.9 Å². The minimum absolute atomic E-state index is 1.06. The molecule has 0 saturated carbocycles. The molecule has 0 spiro atoms. The van der Waals surface area contributed by atoms with E-state index in [1.54, 1.807) is 22.7 Å². The quantitative estimate of drug-likeness (QED) is 0.759. The Bertz CT molecular complexity index is 348. The van der Waals surface area contributed by atoms with Gasteiger partial charge in [0.05, 0.1) is 0 Å². The summed E-state index contributed by atoms with van der Waals surface area (Å²) in [6.07, 6.45) is 1.06. The van der Waals surface area contributed by atoms with E-state index in [0.29, 0.717) is 0 Å². The topological polar surface area (TPSA) is 0 Å². The highest BCUT2D eigenvalue weighted by Crippen LogP contribution is 2.25. The standard InChI is InChI=1S/C9H7BrS2/c10-8-2-4-12-9(8)5-7-1-3-11-6-7/h1-4,6H,5H2. The highest BCUT2D eigenvalue weighted by molar-refractivity contribution is 9.10. The van der Waals surface area contributed by atoms with Crippen LogP contribution in [-0.4, -0.2) is 0 Å². The third-order valence-corrected chi connectivity index (χ3v) is 4.29. The molecule has 0 aliphatic carbocycles. The molecule has 12 heavy (non-hydrogen) atoms. The van der Waals surface area contributed by atoms with E-state index in [9.17, 15) is 0 Å². The maximum Gasteiger partial charge on any atom is 0.0317 e. The van der Waals surface area contributed by atoms with Crippen LogP contribution in [0.2, 0.25) is 0 Å². The Morgan fingerprint density at radius 2 is 2.17 bits per heavy atom. The van der Waals surface area contributed by atoms with Crippen molar-refractivity contribution < 1.29 is 0 Å². The molecule has 2 aromatic heterocycles. The van der Waals surface area contributed by atoms with Crippen LogP contribution in [0, 0.1) is 0 Å². The molecule has 0 bridgehead atoms. The van der Waals surface area contributed by atoms with Crippen LogP contribution in [0.1, 0.15) is 10.4 Å². The lowest BCUT2D eigenvalue weighted by atomic mass is 10.2. The number of rotatable bonds is 2. The molecular weight excluding hydrogens is 252 g/mol. The van der Waals surface area contributed by atoms with Gasteiger partial charge in [0.15, 0.2) is 0 Å². The minimum Gasteiger partial charge on any atom is -0.152 e. The smallest absolute Gasteiger partial charge is 0.0317 e. The summed E-state index contributed by atoms with van der Waals surface area (Å²) in [5, 5.41) is 6.44. The van der Waals surface area contributed by atoms with Gasteiger partial charge in [-0.15, -0.1) is 11.3 Å². The summed E-state index contributed by atoms with van der Waals surface area (Å²) in [7, 11) is 0. The van der Waals surface area contributed by atoms with Gasteiger partial charge in [0.25, 0.3) is 0 Å². The molecule has 3 heteroatoms. The predicted molar refractivity (Wildman–Crippen MR) is 59.1 cm³/mol. The second-order valence-electron chi connectivity index (χ2n) is 2.50. The van der Waals surface area contributed by atoms with E-state index < -0.39 is 0 Å². The molecule has 0 atom stereocenters. The lowest BCUT2D eigenvalue weighted by Crippen LogP contribution is -1.80. The Labute approximate surface area is 88.0 Å². The van der Waals surface area contributed by atoms with E-state index >= 15 is 0 Å². The minimum atomic E-state index is 1.06. The highest BCUT2D eigenvalue weighted by atomic mass is 79.9. The van der Waals surface area contributed by atoms with Crippen molar-refractivity contribution in [1.29, 1.82) is 0 Å². The van der Waals surface area contributed by atoms with Crippen molar-refractivity contribution in [1.82, 2.24) is 0 Å². The van der Waals surface area contributed by atoms with E-state index in [1.807, 2.05) is 0 Å². The first-order valence-corrected chi connectivity index (χ1v) is 6.21. The van der Waals surface area contributed by atoms with Gasteiger partial charge in [0, 0.05) is 15.8 Å².